The summed E-state index contributed by atoms with van der Waals surface area (Å²) >= 11 is 6.98. The Morgan fingerprint density at radius 3 is 2.71 bits per heavy atom. The number of carbonyl (C=O) groups is 1. The van der Waals surface area contributed by atoms with Crippen LogP contribution >= 0.6 is 22.9 Å². The first-order valence-electron chi connectivity index (χ1n) is 6.18. The predicted octanol–water partition coefficient (Wildman–Crippen LogP) is 4.43. The minimum absolute atomic E-state index is 0.297. The number of carbonyl (C=O) groups excluding carboxylic acids is 1. The van der Waals surface area contributed by atoms with Crippen molar-refractivity contribution in [3.63, 3.8) is 0 Å². The number of hydrogen-bond donors (Lipinski definition) is 1. The second kappa shape index (κ2) is 5.79. The van der Waals surface area contributed by atoms with Crippen LogP contribution in [-0.2, 0) is 5.88 Å². The van der Waals surface area contributed by atoms with Gasteiger partial charge in [-0.15, -0.1) is 22.9 Å². The van der Waals surface area contributed by atoms with Crippen LogP contribution in [-0.4, -0.2) is 10.9 Å². The molecule has 21 heavy (non-hydrogen) atoms. The van der Waals surface area contributed by atoms with Crippen molar-refractivity contribution in [2.75, 3.05) is 5.32 Å². The molecule has 0 aliphatic heterocycles. The molecule has 0 saturated carbocycles. The molecular weight excluding hydrogens is 311 g/mol. The number of rotatable bonds is 3. The summed E-state index contributed by atoms with van der Waals surface area (Å²) in [5.74, 6) is -0.367. The number of nitrogens with zero attached hydrogens (tertiary/aromatic N) is 1. The number of alkyl halides is 1. The molecule has 1 aromatic heterocycles. The van der Waals surface area contributed by atoms with E-state index in [1.807, 2.05) is 0 Å². The van der Waals surface area contributed by atoms with Crippen molar-refractivity contribution in [3.8, 4) is 0 Å². The molecule has 0 bridgehead atoms. The summed E-state index contributed by atoms with van der Waals surface area (Å²) in [6.45, 7) is 0. The van der Waals surface area contributed by atoms with E-state index >= 15 is 0 Å². The second-order valence-corrected chi connectivity index (χ2v) is 5.50. The molecule has 0 atom stereocenters. The van der Waals surface area contributed by atoms with Crippen LogP contribution in [0.5, 0.6) is 0 Å². The van der Waals surface area contributed by atoms with E-state index in [0.29, 0.717) is 33.0 Å². The minimum atomic E-state index is -0.346. The number of aromatic nitrogens is 1. The van der Waals surface area contributed by atoms with E-state index in [0.717, 1.165) is 0 Å². The number of fused-ring (bicyclic) bond motifs is 1. The van der Waals surface area contributed by atoms with Crippen molar-refractivity contribution in [3.05, 3.63) is 58.9 Å². The highest BCUT2D eigenvalue weighted by molar-refractivity contribution is 7.14. The van der Waals surface area contributed by atoms with Gasteiger partial charge in [-0.1, -0.05) is 24.3 Å². The Bertz CT molecular complexity index is 818. The van der Waals surface area contributed by atoms with Crippen LogP contribution in [0.25, 0.3) is 10.8 Å². The molecule has 3 aromatic rings. The Morgan fingerprint density at radius 1 is 1.24 bits per heavy atom. The van der Waals surface area contributed by atoms with Gasteiger partial charge < -0.3 is 0 Å². The minimum Gasteiger partial charge on any atom is -0.298 e. The molecule has 0 aliphatic carbocycles. The van der Waals surface area contributed by atoms with Gasteiger partial charge in [0.15, 0.2) is 5.13 Å². The zero-order chi connectivity index (χ0) is 14.8. The Balaban J connectivity index is 1.96. The van der Waals surface area contributed by atoms with Gasteiger partial charge in [0.2, 0.25) is 0 Å². The van der Waals surface area contributed by atoms with E-state index in [2.05, 4.69) is 10.3 Å². The summed E-state index contributed by atoms with van der Waals surface area (Å²) in [5, 5.41) is 5.97. The standard InChI is InChI=1S/C15H10ClFN2OS/c16-7-9-8-21-15(18-9)19-14(20)12-5-6-13(17)11-4-2-1-3-10(11)12/h1-6,8H,7H2,(H,18,19,20). The molecule has 106 valence electrons. The van der Waals surface area contributed by atoms with Crippen LogP contribution in [0.2, 0.25) is 0 Å². The van der Waals surface area contributed by atoms with Gasteiger partial charge in [0.1, 0.15) is 5.82 Å². The fourth-order valence-corrected chi connectivity index (χ4v) is 2.98. The first-order valence-corrected chi connectivity index (χ1v) is 7.59. The van der Waals surface area contributed by atoms with E-state index in [4.69, 9.17) is 11.6 Å². The van der Waals surface area contributed by atoms with E-state index in [-0.39, 0.29) is 11.7 Å². The lowest BCUT2D eigenvalue weighted by atomic mass is 10.0. The maximum atomic E-state index is 13.7. The van der Waals surface area contributed by atoms with Gasteiger partial charge in [0, 0.05) is 16.3 Å². The highest BCUT2D eigenvalue weighted by atomic mass is 35.5. The van der Waals surface area contributed by atoms with Crippen LogP contribution < -0.4 is 5.32 Å². The van der Waals surface area contributed by atoms with Gasteiger partial charge >= 0.3 is 0 Å². The van der Waals surface area contributed by atoms with Crippen molar-refractivity contribution in [1.82, 2.24) is 4.98 Å². The molecule has 3 rings (SSSR count). The van der Waals surface area contributed by atoms with Crippen molar-refractivity contribution in [2.24, 2.45) is 0 Å². The Morgan fingerprint density at radius 2 is 2.00 bits per heavy atom. The van der Waals surface area contributed by atoms with E-state index < -0.39 is 0 Å². The summed E-state index contributed by atoms with van der Waals surface area (Å²) in [7, 11) is 0. The number of benzene rings is 2. The third-order valence-electron chi connectivity index (χ3n) is 3.02. The molecule has 0 spiro atoms. The van der Waals surface area contributed by atoms with Gasteiger partial charge in [0.05, 0.1) is 11.6 Å². The average molecular weight is 321 g/mol. The SMILES string of the molecule is O=C(Nc1nc(CCl)cs1)c1ccc(F)c2ccccc12. The monoisotopic (exact) mass is 320 g/mol. The molecular formula is C15H10ClFN2OS. The van der Waals surface area contributed by atoms with Crippen molar-refractivity contribution < 1.29 is 9.18 Å². The van der Waals surface area contributed by atoms with E-state index in [9.17, 15) is 9.18 Å². The van der Waals surface area contributed by atoms with Gasteiger partial charge in [-0.25, -0.2) is 9.37 Å². The highest BCUT2D eigenvalue weighted by Gasteiger charge is 2.13. The van der Waals surface area contributed by atoms with Crippen LogP contribution in [0.15, 0.2) is 41.8 Å². The molecule has 3 nitrogen and oxygen atoms in total. The van der Waals surface area contributed by atoms with E-state index in [1.54, 1.807) is 29.6 Å². The van der Waals surface area contributed by atoms with Crippen LogP contribution in [0.3, 0.4) is 0 Å². The molecule has 1 heterocycles. The molecule has 0 aliphatic rings. The molecule has 0 saturated heterocycles. The van der Waals surface area contributed by atoms with Gasteiger partial charge in [-0.3, -0.25) is 10.1 Å². The fourth-order valence-electron chi connectivity index (χ4n) is 2.05. The summed E-state index contributed by atoms with van der Waals surface area (Å²) in [4.78, 5) is 16.5. The lowest BCUT2D eigenvalue weighted by Crippen LogP contribution is -2.12. The summed E-state index contributed by atoms with van der Waals surface area (Å²) in [6.07, 6.45) is 0. The fraction of sp³-hybridized carbons (Fsp3) is 0.0667. The highest BCUT2D eigenvalue weighted by Crippen LogP contribution is 2.24. The van der Waals surface area contributed by atoms with Crippen LogP contribution in [0, 0.1) is 5.82 Å². The number of anilines is 1. The quantitative estimate of drug-likeness (QED) is 0.725. The smallest absolute Gasteiger partial charge is 0.258 e. The normalized spacial score (nSPS) is 10.8. The van der Waals surface area contributed by atoms with Gasteiger partial charge in [-0.05, 0) is 17.5 Å². The average Bonchev–Trinajstić information content (AvgIpc) is 2.95. The Labute approximate surface area is 129 Å². The summed E-state index contributed by atoms with van der Waals surface area (Å²) in [6, 6.07) is 9.65. The summed E-state index contributed by atoms with van der Waals surface area (Å²) < 4.78 is 13.7. The lowest BCUT2D eigenvalue weighted by molar-refractivity contribution is 0.102. The third-order valence-corrected chi connectivity index (χ3v) is 4.10. The summed E-state index contributed by atoms with van der Waals surface area (Å²) in [5.41, 5.74) is 1.12. The van der Waals surface area contributed by atoms with Crippen LogP contribution in [0.1, 0.15) is 16.1 Å². The zero-order valence-corrected chi connectivity index (χ0v) is 12.3. The Kier molecular flexibility index (Phi) is 3.86. The topological polar surface area (TPSA) is 42.0 Å². The lowest BCUT2D eigenvalue weighted by Gasteiger charge is -2.07. The third kappa shape index (κ3) is 2.75. The predicted molar refractivity (Wildman–Crippen MR) is 83.5 cm³/mol. The molecule has 6 heteroatoms. The maximum Gasteiger partial charge on any atom is 0.258 e. The Hall–Kier alpha value is -1.98. The first kappa shape index (κ1) is 14.0. The largest absolute Gasteiger partial charge is 0.298 e. The number of thiazole rings is 1. The zero-order valence-electron chi connectivity index (χ0n) is 10.8. The van der Waals surface area contributed by atoms with Crippen molar-refractivity contribution in [1.29, 1.82) is 0 Å². The molecule has 0 fully saturated rings. The second-order valence-electron chi connectivity index (χ2n) is 4.37. The van der Waals surface area contributed by atoms with E-state index in [1.165, 1.54) is 23.5 Å². The number of amides is 1. The first-order chi connectivity index (χ1) is 10.2. The number of halogens is 2. The molecule has 0 radical (unpaired) electrons. The molecule has 2 aromatic carbocycles. The number of nitrogens with one attached hydrogen (secondary N) is 1. The molecule has 1 N–H and O–H groups in total. The van der Waals surface area contributed by atoms with Gasteiger partial charge in [-0.2, -0.15) is 0 Å². The molecule has 0 unspecified atom stereocenters. The molecule has 1 amide bonds. The van der Waals surface area contributed by atoms with Crippen molar-refractivity contribution >= 4 is 44.7 Å². The van der Waals surface area contributed by atoms with Gasteiger partial charge in [0.25, 0.3) is 5.91 Å². The maximum absolute atomic E-state index is 13.7. The van der Waals surface area contributed by atoms with Crippen molar-refractivity contribution in [2.45, 2.75) is 5.88 Å². The van der Waals surface area contributed by atoms with Crippen LogP contribution in [0.4, 0.5) is 9.52 Å². The number of hydrogen-bond acceptors (Lipinski definition) is 3.